The molecule has 0 radical (unpaired) electrons. The molecule has 0 N–H and O–H groups in total. The van der Waals surface area contributed by atoms with Crippen molar-refractivity contribution in [2.24, 2.45) is 0 Å². The Bertz CT molecular complexity index is 830. The van der Waals surface area contributed by atoms with E-state index >= 15 is 0 Å². The maximum absolute atomic E-state index is 12.5. The van der Waals surface area contributed by atoms with E-state index in [4.69, 9.17) is 4.74 Å². The molecule has 0 aliphatic heterocycles. The van der Waals surface area contributed by atoms with E-state index in [9.17, 15) is 4.79 Å². The molecule has 1 heterocycles. The highest BCUT2D eigenvalue weighted by Gasteiger charge is 2.17. The van der Waals surface area contributed by atoms with Crippen LogP contribution < -0.4 is 4.74 Å². The first-order valence-electron chi connectivity index (χ1n) is 7.38. The minimum absolute atomic E-state index is 0.0904. The molecule has 23 heavy (non-hydrogen) atoms. The van der Waals surface area contributed by atoms with E-state index in [1.165, 1.54) is 11.8 Å². The molecule has 2 aromatic carbocycles. The first-order valence-corrected chi connectivity index (χ1v) is 8.26. The number of ketones is 1. The molecule has 0 saturated heterocycles. The monoisotopic (exact) mass is 323 g/mol. The van der Waals surface area contributed by atoms with Crippen molar-refractivity contribution in [2.45, 2.75) is 17.2 Å². The molecule has 0 saturated carbocycles. The average molecular weight is 323 g/mol. The number of Topliss-reactive ketones (excluding diaryl/α,β-unsaturated/α-hetero) is 1. The van der Waals surface area contributed by atoms with E-state index in [-0.39, 0.29) is 11.0 Å². The molecule has 3 nitrogen and oxygen atoms in total. The zero-order valence-corrected chi connectivity index (χ0v) is 13.8. The minimum atomic E-state index is -0.197. The van der Waals surface area contributed by atoms with Crippen LogP contribution >= 0.6 is 11.8 Å². The van der Waals surface area contributed by atoms with Crippen molar-refractivity contribution >= 4 is 28.4 Å². The van der Waals surface area contributed by atoms with Crippen molar-refractivity contribution in [1.29, 1.82) is 0 Å². The second kappa shape index (κ2) is 6.84. The maximum atomic E-state index is 12.5. The Morgan fingerprint density at radius 2 is 1.78 bits per heavy atom. The normalized spacial score (nSPS) is 12.1. The molecule has 0 fully saturated rings. The van der Waals surface area contributed by atoms with Gasteiger partial charge in [0, 0.05) is 10.9 Å². The van der Waals surface area contributed by atoms with Crippen LogP contribution in [0.4, 0.5) is 0 Å². The molecular formula is C19H17NO2S. The maximum Gasteiger partial charge on any atom is 0.175 e. The number of nitrogens with zero attached hydrogens (tertiary/aromatic N) is 1. The summed E-state index contributed by atoms with van der Waals surface area (Å²) in [5, 5.41) is 1.76. The van der Waals surface area contributed by atoms with Crippen LogP contribution in [0.1, 0.15) is 17.3 Å². The van der Waals surface area contributed by atoms with E-state index in [1.54, 1.807) is 31.4 Å². The number of carbonyl (C=O) groups is 1. The molecule has 4 heteroatoms. The van der Waals surface area contributed by atoms with E-state index < -0.39 is 0 Å². The Labute approximate surface area is 139 Å². The van der Waals surface area contributed by atoms with Crippen molar-refractivity contribution in [2.75, 3.05) is 7.11 Å². The van der Waals surface area contributed by atoms with Crippen molar-refractivity contribution in [3.8, 4) is 5.75 Å². The van der Waals surface area contributed by atoms with Gasteiger partial charge < -0.3 is 4.74 Å². The summed E-state index contributed by atoms with van der Waals surface area (Å²) in [7, 11) is 1.61. The summed E-state index contributed by atoms with van der Waals surface area (Å²) in [5.74, 6) is 0.839. The van der Waals surface area contributed by atoms with Crippen molar-refractivity contribution < 1.29 is 9.53 Å². The van der Waals surface area contributed by atoms with Crippen molar-refractivity contribution in [1.82, 2.24) is 4.98 Å². The second-order valence-electron chi connectivity index (χ2n) is 5.20. The lowest BCUT2D eigenvalue weighted by atomic mass is 10.1. The van der Waals surface area contributed by atoms with E-state index in [0.717, 1.165) is 21.7 Å². The smallest absolute Gasteiger partial charge is 0.175 e. The number of hydrogen-bond acceptors (Lipinski definition) is 4. The second-order valence-corrected chi connectivity index (χ2v) is 6.56. The third-order valence-electron chi connectivity index (χ3n) is 3.61. The molecule has 0 unspecified atom stereocenters. The van der Waals surface area contributed by atoms with Crippen LogP contribution in [-0.2, 0) is 0 Å². The number of hydrogen-bond donors (Lipinski definition) is 0. The summed E-state index contributed by atoms with van der Waals surface area (Å²) in [4.78, 5) is 17.1. The van der Waals surface area contributed by atoms with Crippen LogP contribution in [0.3, 0.4) is 0 Å². The van der Waals surface area contributed by atoms with E-state index in [0.29, 0.717) is 5.56 Å². The predicted molar refractivity (Wildman–Crippen MR) is 94.4 cm³/mol. The molecule has 0 bridgehead atoms. The Balaban J connectivity index is 1.76. The van der Waals surface area contributed by atoms with Gasteiger partial charge in [0.2, 0.25) is 0 Å². The summed E-state index contributed by atoms with van der Waals surface area (Å²) in [5.41, 5.74) is 1.63. The highest BCUT2D eigenvalue weighted by Crippen LogP contribution is 2.26. The fraction of sp³-hybridized carbons (Fsp3) is 0.158. The SMILES string of the molecule is COc1ccc(C(=O)[C@H](C)Sc2ccc3ccccc3n2)cc1. The van der Waals surface area contributed by atoms with Crippen molar-refractivity contribution in [3.63, 3.8) is 0 Å². The van der Waals surface area contributed by atoms with Gasteiger partial charge in [-0.1, -0.05) is 36.0 Å². The third kappa shape index (κ3) is 3.54. The van der Waals surface area contributed by atoms with E-state index in [1.807, 2.05) is 43.3 Å². The fourth-order valence-corrected chi connectivity index (χ4v) is 3.24. The molecular weight excluding hydrogens is 306 g/mol. The highest BCUT2D eigenvalue weighted by molar-refractivity contribution is 8.00. The average Bonchev–Trinajstić information content (AvgIpc) is 2.61. The standard InChI is InChI=1S/C19H17NO2S/c1-13(19(21)15-7-10-16(22-2)11-8-15)23-18-12-9-14-5-3-4-6-17(14)20-18/h3-13H,1-2H3/t13-/m0/s1. The Morgan fingerprint density at radius 3 is 2.52 bits per heavy atom. The van der Waals surface area contributed by atoms with Crippen LogP contribution in [0.5, 0.6) is 5.75 Å². The first kappa shape index (κ1) is 15.6. The van der Waals surface area contributed by atoms with Crippen LogP contribution in [0.25, 0.3) is 10.9 Å². The fourth-order valence-electron chi connectivity index (χ4n) is 2.34. The Kier molecular flexibility index (Phi) is 4.63. The molecule has 3 rings (SSSR count). The number of aromatic nitrogens is 1. The van der Waals surface area contributed by atoms with Gasteiger partial charge in [0.25, 0.3) is 0 Å². The van der Waals surface area contributed by atoms with Crippen LogP contribution in [-0.4, -0.2) is 23.1 Å². The van der Waals surface area contributed by atoms with Gasteiger partial charge in [0.1, 0.15) is 5.75 Å². The molecule has 0 amide bonds. The molecule has 1 aromatic heterocycles. The molecule has 0 aliphatic rings. The Morgan fingerprint density at radius 1 is 1.04 bits per heavy atom. The van der Waals surface area contributed by atoms with Crippen LogP contribution in [0.2, 0.25) is 0 Å². The largest absolute Gasteiger partial charge is 0.497 e. The molecule has 0 aliphatic carbocycles. The zero-order chi connectivity index (χ0) is 16.2. The first-order chi connectivity index (χ1) is 11.2. The molecule has 0 spiro atoms. The Hall–Kier alpha value is -2.33. The van der Waals surface area contributed by atoms with Crippen molar-refractivity contribution in [3.05, 3.63) is 66.2 Å². The zero-order valence-electron chi connectivity index (χ0n) is 13.0. The number of pyridine rings is 1. The van der Waals surface area contributed by atoms with Gasteiger partial charge in [-0.25, -0.2) is 4.98 Å². The van der Waals surface area contributed by atoms with Gasteiger partial charge in [0.05, 0.1) is 22.9 Å². The number of methoxy groups -OCH3 is 1. The summed E-state index contributed by atoms with van der Waals surface area (Å²) in [6, 6.07) is 19.2. The topological polar surface area (TPSA) is 39.2 Å². The third-order valence-corrected chi connectivity index (χ3v) is 4.65. The molecule has 116 valence electrons. The summed E-state index contributed by atoms with van der Waals surface area (Å²) in [6.45, 7) is 1.91. The minimum Gasteiger partial charge on any atom is -0.497 e. The van der Waals surface area contributed by atoms with Gasteiger partial charge >= 0.3 is 0 Å². The summed E-state index contributed by atoms with van der Waals surface area (Å²) < 4.78 is 5.12. The van der Waals surface area contributed by atoms with Crippen LogP contribution in [0.15, 0.2) is 65.7 Å². The number of ether oxygens (including phenoxy) is 1. The number of fused-ring (bicyclic) bond motifs is 1. The van der Waals surface area contributed by atoms with Gasteiger partial charge in [-0.05, 0) is 43.3 Å². The number of thioether (sulfide) groups is 1. The number of carbonyl (C=O) groups excluding carboxylic acids is 1. The lowest BCUT2D eigenvalue weighted by molar-refractivity contribution is 0.0994. The van der Waals surface area contributed by atoms with Gasteiger partial charge in [-0.2, -0.15) is 0 Å². The predicted octanol–water partition coefficient (Wildman–Crippen LogP) is 4.61. The quantitative estimate of drug-likeness (QED) is 0.508. The van der Waals surface area contributed by atoms with E-state index in [2.05, 4.69) is 4.98 Å². The molecule has 3 aromatic rings. The molecule has 1 atom stereocenters. The lowest BCUT2D eigenvalue weighted by Crippen LogP contribution is -2.13. The number of benzene rings is 2. The van der Waals surface area contributed by atoms with Gasteiger partial charge in [0.15, 0.2) is 5.78 Å². The number of rotatable bonds is 5. The van der Waals surface area contributed by atoms with Gasteiger partial charge in [-0.3, -0.25) is 4.79 Å². The number of para-hydroxylation sites is 1. The highest BCUT2D eigenvalue weighted by atomic mass is 32.2. The van der Waals surface area contributed by atoms with Gasteiger partial charge in [-0.15, -0.1) is 0 Å². The summed E-state index contributed by atoms with van der Waals surface area (Å²) >= 11 is 1.48. The summed E-state index contributed by atoms with van der Waals surface area (Å²) in [6.07, 6.45) is 0. The lowest BCUT2D eigenvalue weighted by Gasteiger charge is -2.10. The van der Waals surface area contributed by atoms with Crippen LogP contribution in [0, 0.1) is 0 Å².